The molecule has 4 rings (SSSR count). The van der Waals surface area contributed by atoms with Crippen LogP contribution < -0.4 is 16.0 Å². The summed E-state index contributed by atoms with van der Waals surface area (Å²) in [6.07, 6.45) is 6.53. The average molecular weight is 494 g/mol. The normalized spacial score (nSPS) is 15.3. The van der Waals surface area contributed by atoms with E-state index < -0.39 is 8.49 Å². The molecule has 0 amide bonds. The molecule has 9 nitrogen and oxygen atoms in total. The van der Waals surface area contributed by atoms with Gasteiger partial charge in [0.25, 0.3) is 0 Å². The zero-order valence-corrected chi connectivity index (χ0v) is 19.8. The topological polar surface area (TPSA) is 128 Å². The molecule has 2 aromatic heterocycles. The van der Waals surface area contributed by atoms with Gasteiger partial charge in [0.1, 0.15) is 12.5 Å². The molecule has 5 N–H and O–H groups in total. The smallest absolute Gasteiger partial charge is 0.231 e. The summed E-state index contributed by atoms with van der Waals surface area (Å²) in [4.78, 5) is 9.18. The number of fused-ring (bicyclic) bond motifs is 1. The quantitative estimate of drug-likeness (QED) is 0.272. The van der Waals surface area contributed by atoms with Gasteiger partial charge in [-0.2, -0.15) is 9.97 Å². The largest absolute Gasteiger partial charge is 0.384 e. The van der Waals surface area contributed by atoms with Gasteiger partial charge in [-0.05, 0) is 36.2 Å². The third kappa shape index (κ3) is 5.12. The predicted molar refractivity (Wildman–Crippen MR) is 134 cm³/mol. The number of nitrogens with zero attached hydrogens (tertiary/aromatic N) is 3. The third-order valence-electron chi connectivity index (χ3n) is 5.03. The minimum absolute atomic E-state index is 0.267. The number of rotatable bonds is 10. The molecule has 1 atom stereocenters. The average Bonchev–Trinajstić information content (AvgIpc) is 3.48. The molecular formula is C20H24ClN7O2S2. The summed E-state index contributed by atoms with van der Waals surface area (Å²) in [6, 6.07) is 5.84. The number of aromatic nitrogens is 3. The van der Waals surface area contributed by atoms with Gasteiger partial charge in [0, 0.05) is 56.7 Å². The molecule has 2 heterocycles. The van der Waals surface area contributed by atoms with Gasteiger partial charge in [0.2, 0.25) is 5.95 Å². The molecule has 1 saturated carbocycles. The Hall–Kier alpha value is -2.47. The maximum absolute atomic E-state index is 11.8. The summed E-state index contributed by atoms with van der Waals surface area (Å²) in [5.41, 5.74) is 2.45. The summed E-state index contributed by atoms with van der Waals surface area (Å²) >= 11 is 11.3. The zero-order chi connectivity index (χ0) is 22.9. The van der Waals surface area contributed by atoms with Crippen LogP contribution in [0.1, 0.15) is 18.4 Å². The monoisotopic (exact) mass is 493 g/mol. The highest BCUT2D eigenvalue weighted by Gasteiger charge is 2.25. The SMILES string of the molecule is CS(=O)(=S)CCNc1cccc(Nc2nc(NC3CC3)c3c(Cl)cn(CO)c3n2)c1C=N. The summed E-state index contributed by atoms with van der Waals surface area (Å²) in [5, 5.41) is 28.5. The Morgan fingerprint density at radius 1 is 1.38 bits per heavy atom. The van der Waals surface area contributed by atoms with E-state index in [1.54, 1.807) is 17.0 Å². The molecule has 0 saturated heterocycles. The highest BCUT2D eigenvalue weighted by Crippen LogP contribution is 2.35. The van der Waals surface area contributed by atoms with Gasteiger partial charge in [-0.25, -0.2) is 0 Å². The van der Waals surface area contributed by atoms with Crippen LogP contribution in [0.15, 0.2) is 24.4 Å². The van der Waals surface area contributed by atoms with E-state index in [0.717, 1.165) is 12.8 Å². The Balaban J connectivity index is 1.68. The first-order chi connectivity index (χ1) is 15.3. The fourth-order valence-corrected chi connectivity index (χ4v) is 4.32. The summed E-state index contributed by atoms with van der Waals surface area (Å²) in [7, 11) is -2.27. The van der Waals surface area contributed by atoms with Gasteiger partial charge in [0.05, 0.1) is 16.1 Å². The molecule has 0 bridgehead atoms. The lowest BCUT2D eigenvalue weighted by molar-refractivity contribution is 0.215. The summed E-state index contributed by atoms with van der Waals surface area (Å²) < 4.78 is 13.3. The Labute approximate surface area is 195 Å². The Morgan fingerprint density at radius 3 is 2.78 bits per heavy atom. The van der Waals surface area contributed by atoms with Crippen molar-refractivity contribution in [2.45, 2.75) is 25.6 Å². The minimum atomic E-state index is -2.27. The van der Waals surface area contributed by atoms with Crippen molar-refractivity contribution in [1.82, 2.24) is 14.5 Å². The van der Waals surface area contributed by atoms with Crippen molar-refractivity contribution in [2.75, 3.05) is 34.5 Å². The van der Waals surface area contributed by atoms with Gasteiger partial charge < -0.3 is 31.0 Å². The molecule has 0 aliphatic heterocycles. The summed E-state index contributed by atoms with van der Waals surface area (Å²) in [5.74, 6) is 1.27. The number of aliphatic hydroxyl groups is 1. The number of hydrogen-bond donors (Lipinski definition) is 5. The Morgan fingerprint density at radius 2 is 2.12 bits per heavy atom. The Kier molecular flexibility index (Phi) is 6.52. The first-order valence-corrected chi connectivity index (χ1v) is 13.5. The zero-order valence-electron chi connectivity index (χ0n) is 17.4. The lowest BCUT2D eigenvalue weighted by Gasteiger charge is -2.15. The van der Waals surface area contributed by atoms with Crippen molar-refractivity contribution < 1.29 is 9.32 Å². The molecule has 1 aliphatic rings. The first-order valence-electron chi connectivity index (χ1n) is 10.0. The second-order valence-electron chi connectivity index (χ2n) is 7.69. The second kappa shape index (κ2) is 9.18. The van der Waals surface area contributed by atoms with Crippen LogP contribution in [0.4, 0.5) is 23.1 Å². The van der Waals surface area contributed by atoms with Crippen LogP contribution in [0.3, 0.4) is 0 Å². The molecule has 1 aliphatic carbocycles. The second-order valence-corrected chi connectivity index (χ2v) is 12.5. The molecule has 0 spiro atoms. The first kappa shape index (κ1) is 22.7. The van der Waals surface area contributed by atoms with E-state index in [2.05, 4.69) is 25.9 Å². The molecule has 1 aromatic carbocycles. The van der Waals surface area contributed by atoms with E-state index in [-0.39, 0.29) is 6.73 Å². The van der Waals surface area contributed by atoms with Crippen LogP contribution in [-0.2, 0) is 26.4 Å². The standard InChI is InChI=1S/C20H24ClN7O2S2/c1-32(30,31)8-7-23-15-3-2-4-16(13(15)9-22)25-20-26-18(24-12-5-6-12)17-14(21)10-28(11-29)19(17)27-20/h2-4,9-10,12,22-23,29H,5-8,11H2,1H3,(H2,24,25,26,27). The third-order valence-corrected chi connectivity index (χ3v) is 6.76. The molecule has 12 heteroatoms. The van der Waals surface area contributed by atoms with Crippen molar-refractivity contribution in [3.8, 4) is 0 Å². The molecule has 170 valence electrons. The number of benzene rings is 1. The van der Waals surface area contributed by atoms with Gasteiger partial charge in [-0.3, -0.25) is 4.21 Å². The summed E-state index contributed by atoms with van der Waals surface area (Å²) in [6.45, 7) is 0.167. The van der Waals surface area contributed by atoms with E-state index in [9.17, 15) is 9.32 Å². The van der Waals surface area contributed by atoms with Crippen molar-refractivity contribution in [2.24, 2.45) is 0 Å². The maximum atomic E-state index is 11.8. The van der Waals surface area contributed by atoms with Crippen molar-refractivity contribution >= 4 is 71.7 Å². The molecule has 1 fully saturated rings. The minimum Gasteiger partial charge on any atom is -0.384 e. The van der Waals surface area contributed by atoms with E-state index in [0.29, 0.717) is 63.1 Å². The van der Waals surface area contributed by atoms with Crippen molar-refractivity contribution in [1.29, 1.82) is 5.41 Å². The van der Waals surface area contributed by atoms with Gasteiger partial charge in [-0.1, -0.05) is 17.7 Å². The molecule has 32 heavy (non-hydrogen) atoms. The van der Waals surface area contributed by atoms with Crippen LogP contribution in [0.25, 0.3) is 11.0 Å². The number of anilines is 4. The van der Waals surface area contributed by atoms with E-state index in [4.69, 9.17) is 28.2 Å². The number of hydrogen-bond acceptors (Lipinski definition) is 9. The molecule has 0 radical (unpaired) electrons. The number of halogens is 1. The number of aliphatic hydroxyl groups excluding tert-OH is 1. The van der Waals surface area contributed by atoms with Gasteiger partial charge >= 0.3 is 0 Å². The number of nitrogens with one attached hydrogen (secondary N) is 4. The lowest BCUT2D eigenvalue weighted by Crippen LogP contribution is -2.14. The van der Waals surface area contributed by atoms with Gasteiger partial charge in [0.15, 0.2) is 5.65 Å². The van der Waals surface area contributed by atoms with E-state index in [1.165, 1.54) is 6.21 Å². The molecule has 1 unspecified atom stereocenters. The lowest BCUT2D eigenvalue weighted by atomic mass is 10.1. The van der Waals surface area contributed by atoms with Crippen LogP contribution in [-0.4, -0.2) is 54.7 Å². The highest BCUT2D eigenvalue weighted by atomic mass is 35.5. The fraction of sp³-hybridized carbons (Fsp3) is 0.350. The molecular weight excluding hydrogens is 470 g/mol. The van der Waals surface area contributed by atoms with Crippen LogP contribution >= 0.6 is 11.6 Å². The van der Waals surface area contributed by atoms with E-state index >= 15 is 0 Å². The van der Waals surface area contributed by atoms with Crippen LogP contribution in [0.5, 0.6) is 0 Å². The predicted octanol–water partition coefficient (Wildman–Crippen LogP) is 3.14. The Bertz CT molecular complexity index is 1270. The maximum Gasteiger partial charge on any atom is 0.231 e. The highest BCUT2D eigenvalue weighted by molar-refractivity contribution is 8.32. The van der Waals surface area contributed by atoms with Crippen molar-refractivity contribution in [3.05, 3.63) is 35.0 Å². The van der Waals surface area contributed by atoms with Crippen LogP contribution in [0.2, 0.25) is 5.02 Å². The molecule has 3 aromatic rings. The van der Waals surface area contributed by atoms with E-state index in [1.807, 2.05) is 18.2 Å². The van der Waals surface area contributed by atoms with Crippen LogP contribution in [0, 0.1) is 5.41 Å². The fourth-order valence-electron chi connectivity index (χ4n) is 3.30. The van der Waals surface area contributed by atoms with Crippen molar-refractivity contribution in [3.63, 3.8) is 0 Å². The van der Waals surface area contributed by atoms with Gasteiger partial charge in [-0.15, -0.1) is 0 Å².